The van der Waals surface area contributed by atoms with Crippen LogP contribution in [0.25, 0.3) is 0 Å². The minimum atomic E-state index is -0.532. The number of rotatable bonds is 3. The SMILES string of the molecule is CN(C(=O)OC(C)(C)C)C1CC(=CNC(=O)N2CCc3ccccc3[C@@H]2c2ccc(F)cc2)C1. The van der Waals surface area contributed by atoms with Crippen molar-refractivity contribution in [3.8, 4) is 0 Å². The van der Waals surface area contributed by atoms with Gasteiger partial charge in [0.15, 0.2) is 0 Å². The molecule has 2 aliphatic rings. The number of carbonyl (C=O) groups excluding carboxylic acids is 2. The molecule has 0 radical (unpaired) electrons. The third-order valence-corrected chi connectivity index (χ3v) is 6.35. The third kappa shape index (κ3) is 5.24. The molecule has 0 unspecified atom stereocenters. The fourth-order valence-electron chi connectivity index (χ4n) is 4.46. The van der Waals surface area contributed by atoms with E-state index in [9.17, 15) is 14.0 Å². The molecular formula is C27H32FN3O3. The summed E-state index contributed by atoms with van der Waals surface area (Å²) in [5.74, 6) is -0.301. The number of carbonyl (C=O) groups is 2. The molecule has 7 heteroatoms. The molecule has 6 nitrogen and oxygen atoms in total. The molecule has 0 aromatic heterocycles. The number of amides is 3. The predicted octanol–water partition coefficient (Wildman–Crippen LogP) is 5.40. The zero-order valence-electron chi connectivity index (χ0n) is 20.2. The van der Waals surface area contributed by atoms with Crippen LogP contribution < -0.4 is 5.32 Å². The average Bonchev–Trinajstić information content (AvgIpc) is 2.76. The van der Waals surface area contributed by atoms with Crippen molar-refractivity contribution >= 4 is 12.1 Å². The summed E-state index contributed by atoms with van der Waals surface area (Å²) in [6.07, 6.45) is 3.57. The summed E-state index contributed by atoms with van der Waals surface area (Å²) < 4.78 is 19.0. The molecule has 0 spiro atoms. The summed E-state index contributed by atoms with van der Waals surface area (Å²) in [7, 11) is 1.74. The average molecular weight is 466 g/mol. The Balaban J connectivity index is 1.42. The Morgan fingerprint density at radius 3 is 2.47 bits per heavy atom. The first-order chi connectivity index (χ1) is 16.1. The summed E-state index contributed by atoms with van der Waals surface area (Å²) in [5.41, 5.74) is 3.68. The van der Waals surface area contributed by atoms with Crippen molar-refractivity contribution < 1.29 is 18.7 Å². The van der Waals surface area contributed by atoms with E-state index in [1.165, 1.54) is 17.7 Å². The first kappa shape index (κ1) is 23.8. The van der Waals surface area contributed by atoms with E-state index in [4.69, 9.17) is 4.74 Å². The van der Waals surface area contributed by atoms with Gasteiger partial charge in [0.05, 0.1) is 6.04 Å². The second-order valence-electron chi connectivity index (χ2n) is 10.0. The lowest BCUT2D eigenvalue weighted by molar-refractivity contribution is 0.0188. The lowest BCUT2D eigenvalue weighted by Crippen LogP contribution is -2.46. The van der Waals surface area contributed by atoms with Crippen LogP contribution in [0, 0.1) is 5.82 Å². The van der Waals surface area contributed by atoms with Crippen molar-refractivity contribution in [1.82, 2.24) is 15.1 Å². The highest BCUT2D eigenvalue weighted by Gasteiger charge is 2.34. The maximum Gasteiger partial charge on any atom is 0.410 e. The van der Waals surface area contributed by atoms with E-state index in [0.29, 0.717) is 19.4 Å². The first-order valence-electron chi connectivity index (χ1n) is 11.7. The third-order valence-electron chi connectivity index (χ3n) is 6.35. The van der Waals surface area contributed by atoms with Gasteiger partial charge in [0, 0.05) is 25.8 Å². The zero-order valence-corrected chi connectivity index (χ0v) is 20.2. The number of ether oxygens (including phenoxy) is 1. The van der Waals surface area contributed by atoms with Gasteiger partial charge in [0.2, 0.25) is 0 Å². The van der Waals surface area contributed by atoms with Gasteiger partial charge in [-0.2, -0.15) is 0 Å². The molecule has 0 bridgehead atoms. The number of nitrogens with zero attached hydrogens (tertiary/aromatic N) is 2. The number of nitrogens with one attached hydrogen (secondary N) is 1. The van der Waals surface area contributed by atoms with Crippen molar-refractivity contribution in [3.05, 3.63) is 82.8 Å². The summed E-state index contributed by atoms with van der Waals surface area (Å²) in [6, 6.07) is 14.0. The molecule has 1 aliphatic heterocycles. The largest absolute Gasteiger partial charge is 0.444 e. The van der Waals surface area contributed by atoms with Crippen molar-refractivity contribution in [1.29, 1.82) is 0 Å². The van der Waals surface area contributed by atoms with Gasteiger partial charge in [-0.25, -0.2) is 14.0 Å². The molecule has 2 aromatic rings. The van der Waals surface area contributed by atoms with Crippen LogP contribution in [0.5, 0.6) is 0 Å². The van der Waals surface area contributed by atoms with Crippen LogP contribution in [0.2, 0.25) is 0 Å². The van der Waals surface area contributed by atoms with Gasteiger partial charge in [0.25, 0.3) is 0 Å². The number of fused-ring (bicyclic) bond motifs is 1. The molecular weight excluding hydrogens is 433 g/mol. The van der Waals surface area contributed by atoms with Crippen LogP contribution in [-0.2, 0) is 11.2 Å². The predicted molar refractivity (Wildman–Crippen MR) is 129 cm³/mol. The van der Waals surface area contributed by atoms with Gasteiger partial charge in [0.1, 0.15) is 11.4 Å². The van der Waals surface area contributed by atoms with Gasteiger partial charge in [-0.3, -0.25) is 0 Å². The molecule has 1 fully saturated rings. The van der Waals surface area contributed by atoms with E-state index >= 15 is 0 Å². The van der Waals surface area contributed by atoms with Crippen molar-refractivity contribution in [2.24, 2.45) is 0 Å². The number of hydrogen-bond acceptors (Lipinski definition) is 3. The number of hydrogen-bond donors (Lipinski definition) is 1. The monoisotopic (exact) mass is 465 g/mol. The first-order valence-corrected chi connectivity index (χ1v) is 11.7. The quantitative estimate of drug-likeness (QED) is 0.661. The fraction of sp³-hybridized carbons (Fsp3) is 0.407. The molecule has 0 saturated heterocycles. The Bertz CT molecular complexity index is 1080. The topological polar surface area (TPSA) is 61.9 Å². The minimum absolute atomic E-state index is 0.0619. The second-order valence-corrected chi connectivity index (χ2v) is 10.0. The zero-order chi connectivity index (χ0) is 24.5. The van der Waals surface area contributed by atoms with E-state index in [2.05, 4.69) is 11.4 Å². The molecule has 180 valence electrons. The van der Waals surface area contributed by atoms with Crippen LogP contribution in [0.3, 0.4) is 0 Å². The Morgan fingerprint density at radius 1 is 1.12 bits per heavy atom. The Kier molecular flexibility index (Phi) is 6.64. The van der Waals surface area contributed by atoms with Gasteiger partial charge >= 0.3 is 12.1 Å². The molecule has 4 rings (SSSR count). The Labute approximate surface area is 200 Å². The molecule has 3 amide bonds. The van der Waals surface area contributed by atoms with Gasteiger partial charge in [-0.15, -0.1) is 0 Å². The van der Waals surface area contributed by atoms with Crippen LogP contribution in [0.4, 0.5) is 14.0 Å². The van der Waals surface area contributed by atoms with Crippen LogP contribution >= 0.6 is 0 Å². The van der Waals surface area contributed by atoms with E-state index in [0.717, 1.165) is 23.1 Å². The van der Waals surface area contributed by atoms with Gasteiger partial charge in [-0.1, -0.05) is 36.4 Å². The minimum Gasteiger partial charge on any atom is -0.444 e. The van der Waals surface area contributed by atoms with E-state index in [1.807, 2.05) is 39.0 Å². The lowest BCUT2D eigenvalue weighted by atomic mass is 9.86. The van der Waals surface area contributed by atoms with Gasteiger partial charge < -0.3 is 19.9 Å². The molecule has 1 atom stereocenters. The molecule has 2 aromatic carbocycles. The fourth-order valence-corrected chi connectivity index (χ4v) is 4.46. The molecule has 1 N–H and O–H groups in total. The Morgan fingerprint density at radius 2 is 1.79 bits per heavy atom. The van der Waals surface area contributed by atoms with E-state index in [-0.39, 0.29) is 30.0 Å². The van der Waals surface area contributed by atoms with E-state index < -0.39 is 5.60 Å². The highest BCUT2D eigenvalue weighted by Crippen LogP contribution is 2.35. The van der Waals surface area contributed by atoms with Crippen LogP contribution in [0.15, 0.2) is 60.3 Å². The van der Waals surface area contributed by atoms with Gasteiger partial charge in [-0.05, 0) is 74.4 Å². The van der Waals surface area contributed by atoms with Crippen molar-refractivity contribution in [2.45, 2.75) is 57.7 Å². The summed E-state index contributed by atoms with van der Waals surface area (Å²) in [4.78, 5) is 28.9. The summed E-state index contributed by atoms with van der Waals surface area (Å²) >= 11 is 0. The standard InChI is InChI=1S/C27H32FN3O3/c1-27(2,3)34-26(33)30(4)22-15-18(16-22)17-29-25(32)31-14-13-19-7-5-6-8-23(19)24(31)20-9-11-21(28)12-10-20/h5-12,17,22,24H,13-16H2,1-4H3,(H,29,32)/t22?,24-/m0/s1. The maximum absolute atomic E-state index is 13.5. The van der Waals surface area contributed by atoms with Crippen LogP contribution in [-0.4, -0.2) is 47.2 Å². The number of halogens is 1. The highest BCUT2D eigenvalue weighted by atomic mass is 19.1. The molecule has 1 aliphatic carbocycles. The molecule has 1 heterocycles. The maximum atomic E-state index is 13.5. The number of benzene rings is 2. The smallest absolute Gasteiger partial charge is 0.410 e. The highest BCUT2D eigenvalue weighted by molar-refractivity contribution is 5.77. The van der Waals surface area contributed by atoms with Crippen LogP contribution in [0.1, 0.15) is 56.3 Å². The normalized spacial score (nSPS) is 19.6. The van der Waals surface area contributed by atoms with Crippen molar-refractivity contribution in [3.63, 3.8) is 0 Å². The Hall–Kier alpha value is -3.35. The van der Waals surface area contributed by atoms with E-state index in [1.54, 1.807) is 35.2 Å². The summed E-state index contributed by atoms with van der Waals surface area (Å²) in [5, 5.41) is 2.94. The molecule has 1 saturated carbocycles. The second kappa shape index (κ2) is 9.49. The summed E-state index contributed by atoms with van der Waals surface area (Å²) in [6.45, 7) is 6.10. The van der Waals surface area contributed by atoms with Crippen molar-refractivity contribution in [2.75, 3.05) is 13.6 Å². The lowest BCUT2D eigenvalue weighted by Gasteiger charge is -2.39. The molecule has 34 heavy (non-hydrogen) atoms. The number of urea groups is 1.